The number of nitrogen functional groups attached to an aromatic ring is 1. The van der Waals surface area contributed by atoms with Crippen LogP contribution in [0.1, 0.15) is 26.3 Å². The predicted molar refractivity (Wildman–Crippen MR) is 81.9 cm³/mol. The summed E-state index contributed by atoms with van der Waals surface area (Å²) in [7, 11) is 2.15. The Hall–Kier alpha value is -1.61. The monoisotopic (exact) mass is 257 g/mol. The highest BCUT2D eigenvalue weighted by Crippen LogP contribution is 2.24. The minimum Gasteiger partial charge on any atom is -0.398 e. The van der Waals surface area contributed by atoms with E-state index in [2.05, 4.69) is 43.8 Å². The molecule has 1 aromatic carbocycles. The molecule has 0 aliphatic heterocycles. The molecule has 2 aromatic rings. The average molecular weight is 257 g/mol. The van der Waals surface area contributed by atoms with Crippen LogP contribution in [0.25, 0.3) is 10.9 Å². The maximum absolute atomic E-state index is 6.00. The van der Waals surface area contributed by atoms with Crippen LogP contribution < -0.4 is 5.73 Å². The van der Waals surface area contributed by atoms with Crippen molar-refractivity contribution >= 4 is 16.6 Å². The van der Waals surface area contributed by atoms with Gasteiger partial charge >= 0.3 is 0 Å². The number of rotatable bonds is 3. The lowest BCUT2D eigenvalue weighted by Crippen LogP contribution is -2.29. The second-order valence-electron chi connectivity index (χ2n) is 6.45. The van der Waals surface area contributed by atoms with Gasteiger partial charge in [-0.05, 0) is 36.2 Å². The lowest BCUT2D eigenvalue weighted by molar-refractivity contribution is 0.221. The lowest BCUT2D eigenvalue weighted by atomic mass is 9.96. The fourth-order valence-electron chi connectivity index (χ4n) is 2.54. The first-order chi connectivity index (χ1) is 8.87. The van der Waals surface area contributed by atoms with Crippen molar-refractivity contribution in [3.8, 4) is 0 Å². The quantitative estimate of drug-likeness (QED) is 0.858. The van der Waals surface area contributed by atoms with E-state index in [1.807, 2.05) is 24.4 Å². The summed E-state index contributed by atoms with van der Waals surface area (Å²) in [5.41, 5.74) is 9.35. The lowest BCUT2D eigenvalue weighted by Gasteiger charge is -2.26. The number of nitrogens with two attached hydrogens (primary N) is 1. The molecule has 2 N–H and O–H groups in total. The average Bonchev–Trinajstić information content (AvgIpc) is 2.31. The zero-order valence-electron chi connectivity index (χ0n) is 12.3. The van der Waals surface area contributed by atoms with Gasteiger partial charge in [-0.3, -0.25) is 4.98 Å². The summed E-state index contributed by atoms with van der Waals surface area (Å²) in [6.45, 7) is 8.70. The van der Waals surface area contributed by atoms with Crippen LogP contribution in [-0.4, -0.2) is 23.5 Å². The van der Waals surface area contributed by atoms with Crippen LogP contribution in [0.4, 0.5) is 5.69 Å². The number of nitrogens with zero attached hydrogens (tertiary/aromatic N) is 2. The second-order valence-corrected chi connectivity index (χ2v) is 6.45. The van der Waals surface area contributed by atoms with Gasteiger partial charge in [0.25, 0.3) is 0 Å². The molecule has 1 heterocycles. The van der Waals surface area contributed by atoms with Crippen LogP contribution in [0, 0.1) is 5.41 Å². The summed E-state index contributed by atoms with van der Waals surface area (Å²) in [6.07, 6.45) is 1.83. The van der Waals surface area contributed by atoms with Crippen LogP contribution in [0.3, 0.4) is 0 Å². The molecule has 0 spiro atoms. The molecule has 19 heavy (non-hydrogen) atoms. The van der Waals surface area contributed by atoms with Crippen molar-refractivity contribution in [3.63, 3.8) is 0 Å². The number of aromatic nitrogens is 1. The predicted octanol–water partition coefficient (Wildman–Crippen LogP) is 3.29. The Balaban J connectivity index is 2.29. The standard InChI is InChI=1S/C16H23N3/c1-16(2,3)11-19(4)10-12-7-8-14(17)13-6-5-9-18-15(12)13/h5-9H,10-11,17H2,1-4H3. The van der Waals surface area contributed by atoms with Gasteiger partial charge in [0.2, 0.25) is 0 Å². The summed E-state index contributed by atoms with van der Waals surface area (Å²) in [4.78, 5) is 6.82. The molecule has 0 unspecified atom stereocenters. The fraction of sp³-hybridized carbons (Fsp3) is 0.438. The van der Waals surface area contributed by atoms with Crippen molar-refractivity contribution < 1.29 is 0 Å². The SMILES string of the molecule is CN(Cc1ccc(N)c2cccnc12)CC(C)(C)C. The van der Waals surface area contributed by atoms with Gasteiger partial charge in [-0.1, -0.05) is 26.8 Å². The second kappa shape index (κ2) is 5.17. The Morgan fingerprint density at radius 2 is 1.95 bits per heavy atom. The Kier molecular flexibility index (Phi) is 3.76. The minimum absolute atomic E-state index is 0.297. The maximum Gasteiger partial charge on any atom is 0.0767 e. The van der Waals surface area contributed by atoms with E-state index in [9.17, 15) is 0 Å². The Morgan fingerprint density at radius 1 is 1.21 bits per heavy atom. The molecular formula is C16H23N3. The van der Waals surface area contributed by atoms with E-state index in [4.69, 9.17) is 5.73 Å². The highest BCUT2D eigenvalue weighted by Gasteiger charge is 2.15. The number of pyridine rings is 1. The van der Waals surface area contributed by atoms with Gasteiger partial charge < -0.3 is 10.6 Å². The Morgan fingerprint density at radius 3 is 2.63 bits per heavy atom. The van der Waals surface area contributed by atoms with Crippen molar-refractivity contribution in [2.24, 2.45) is 5.41 Å². The number of hydrogen-bond donors (Lipinski definition) is 1. The highest BCUT2D eigenvalue weighted by atomic mass is 15.1. The molecule has 2 rings (SSSR count). The highest BCUT2D eigenvalue weighted by molar-refractivity contribution is 5.92. The normalized spacial score (nSPS) is 12.3. The summed E-state index contributed by atoms with van der Waals surface area (Å²) in [5.74, 6) is 0. The first-order valence-corrected chi connectivity index (χ1v) is 6.67. The summed E-state index contributed by atoms with van der Waals surface area (Å²) >= 11 is 0. The molecule has 0 saturated carbocycles. The molecule has 0 aliphatic carbocycles. The zero-order valence-corrected chi connectivity index (χ0v) is 12.3. The van der Waals surface area contributed by atoms with E-state index < -0.39 is 0 Å². The van der Waals surface area contributed by atoms with Crippen molar-refractivity contribution in [3.05, 3.63) is 36.0 Å². The van der Waals surface area contributed by atoms with Gasteiger partial charge in [-0.25, -0.2) is 0 Å². The summed E-state index contributed by atoms with van der Waals surface area (Å²) < 4.78 is 0. The molecule has 0 radical (unpaired) electrons. The topological polar surface area (TPSA) is 42.1 Å². The van der Waals surface area contributed by atoms with Gasteiger partial charge in [0.15, 0.2) is 0 Å². The van der Waals surface area contributed by atoms with Gasteiger partial charge in [0, 0.05) is 30.4 Å². The summed E-state index contributed by atoms with van der Waals surface area (Å²) in [6, 6.07) is 8.03. The van der Waals surface area contributed by atoms with Crippen molar-refractivity contribution in [2.45, 2.75) is 27.3 Å². The van der Waals surface area contributed by atoms with Crippen LogP contribution >= 0.6 is 0 Å². The van der Waals surface area contributed by atoms with E-state index in [1.54, 1.807) is 0 Å². The van der Waals surface area contributed by atoms with E-state index in [0.717, 1.165) is 29.7 Å². The van der Waals surface area contributed by atoms with Crippen molar-refractivity contribution in [1.29, 1.82) is 0 Å². The first kappa shape index (κ1) is 13.8. The van der Waals surface area contributed by atoms with E-state index >= 15 is 0 Å². The molecule has 3 nitrogen and oxygen atoms in total. The van der Waals surface area contributed by atoms with E-state index in [-0.39, 0.29) is 0 Å². The molecule has 0 bridgehead atoms. The minimum atomic E-state index is 0.297. The van der Waals surface area contributed by atoms with Crippen LogP contribution in [0.15, 0.2) is 30.5 Å². The van der Waals surface area contributed by atoms with Crippen molar-refractivity contribution in [1.82, 2.24) is 9.88 Å². The van der Waals surface area contributed by atoms with Gasteiger partial charge in [-0.2, -0.15) is 0 Å². The van der Waals surface area contributed by atoms with Crippen LogP contribution in [0.5, 0.6) is 0 Å². The van der Waals surface area contributed by atoms with Gasteiger partial charge in [0.05, 0.1) is 5.52 Å². The molecule has 1 aromatic heterocycles. The number of hydrogen-bond acceptors (Lipinski definition) is 3. The number of benzene rings is 1. The molecule has 0 fully saturated rings. The Bertz CT molecular complexity index is 570. The van der Waals surface area contributed by atoms with Crippen LogP contribution in [0.2, 0.25) is 0 Å². The number of fused-ring (bicyclic) bond motifs is 1. The van der Waals surface area contributed by atoms with E-state index in [1.165, 1.54) is 5.56 Å². The first-order valence-electron chi connectivity index (χ1n) is 6.67. The third-order valence-corrected chi connectivity index (χ3v) is 3.07. The smallest absolute Gasteiger partial charge is 0.0767 e. The van der Waals surface area contributed by atoms with Crippen LogP contribution in [-0.2, 0) is 6.54 Å². The third kappa shape index (κ3) is 3.44. The molecule has 0 saturated heterocycles. The molecule has 3 heteroatoms. The van der Waals surface area contributed by atoms with E-state index in [0.29, 0.717) is 5.41 Å². The third-order valence-electron chi connectivity index (χ3n) is 3.07. The Labute approximate surface area is 115 Å². The fourth-order valence-corrected chi connectivity index (χ4v) is 2.54. The molecule has 0 amide bonds. The summed E-state index contributed by atoms with van der Waals surface area (Å²) in [5, 5.41) is 1.05. The molecule has 0 atom stereocenters. The maximum atomic E-state index is 6.00. The van der Waals surface area contributed by atoms with Gasteiger partial charge in [0.1, 0.15) is 0 Å². The van der Waals surface area contributed by atoms with Crippen molar-refractivity contribution in [2.75, 3.05) is 19.3 Å². The molecule has 0 aliphatic rings. The molecular weight excluding hydrogens is 234 g/mol. The zero-order chi connectivity index (χ0) is 14.0. The largest absolute Gasteiger partial charge is 0.398 e. The molecule has 102 valence electrons. The number of anilines is 1. The van der Waals surface area contributed by atoms with Gasteiger partial charge in [-0.15, -0.1) is 0 Å².